The van der Waals surface area contributed by atoms with Gasteiger partial charge in [0.05, 0.1) is 42.2 Å². The summed E-state index contributed by atoms with van der Waals surface area (Å²) in [6, 6.07) is 21.8. The van der Waals surface area contributed by atoms with Gasteiger partial charge in [-0.05, 0) is 68.1 Å². The lowest BCUT2D eigenvalue weighted by Crippen LogP contribution is -2.57. The summed E-state index contributed by atoms with van der Waals surface area (Å²) in [4.78, 5) is 50.3. The van der Waals surface area contributed by atoms with E-state index in [2.05, 4.69) is 23.5 Å². The Morgan fingerprint density at radius 2 is 1.74 bits per heavy atom. The molecule has 4 aromatic rings. The zero-order chi connectivity index (χ0) is 37.5. The van der Waals surface area contributed by atoms with Crippen LogP contribution in [-0.4, -0.2) is 91.2 Å². The Hall–Kier alpha value is -5.33. The van der Waals surface area contributed by atoms with Gasteiger partial charge in [0.15, 0.2) is 0 Å². The van der Waals surface area contributed by atoms with Crippen molar-refractivity contribution in [1.82, 2.24) is 24.8 Å². The Bertz CT molecular complexity index is 2020. The average molecular weight is 719 g/mol. The quantitative estimate of drug-likeness (QED) is 0.185. The number of anilines is 1. The van der Waals surface area contributed by atoms with Crippen LogP contribution in [0.3, 0.4) is 0 Å². The van der Waals surface area contributed by atoms with Crippen molar-refractivity contribution in [2.24, 2.45) is 17.8 Å². The number of carbonyl (C=O) groups is 3. The molecule has 0 saturated carbocycles. The molecule has 3 aliphatic rings. The fourth-order valence-corrected chi connectivity index (χ4v) is 8.94. The smallest absolute Gasteiger partial charge is 0.250 e. The van der Waals surface area contributed by atoms with Crippen LogP contribution < -0.4 is 9.64 Å². The van der Waals surface area contributed by atoms with E-state index in [-0.39, 0.29) is 31.6 Å². The molecule has 53 heavy (non-hydrogen) atoms. The Morgan fingerprint density at radius 1 is 1.04 bits per heavy atom. The topological polar surface area (TPSA) is 130 Å². The van der Waals surface area contributed by atoms with Crippen LogP contribution in [0.2, 0.25) is 0 Å². The molecular weight excluding hydrogens is 672 g/mol. The van der Waals surface area contributed by atoms with Gasteiger partial charge in [-0.2, -0.15) is 0 Å². The number of para-hydroxylation sites is 1. The molecule has 1 N–H and O–H groups in total. The number of nitrogens with zero attached hydrogens (tertiary/aromatic N) is 6. The number of aromatic nitrogens is 3. The molecular formula is C41H46N6O6. The predicted molar refractivity (Wildman–Crippen MR) is 199 cm³/mol. The lowest BCUT2D eigenvalue weighted by Gasteiger charge is -2.39. The van der Waals surface area contributed by atoms with Crippen LogP contribution in [0.25, 0.3) is 11.0 Å². The first kappa shape index (κ1) is 36.0. The number of hydrogen-bond acceptors (Lipinski definition) is 8. The van der Waals surface area contributed by atoms with Gasteiger partial charge in [0.2, 0.25) is 17.7 Å². The minimum Gasteiger partial charge on any atom is -0.494 e. The van der Waals surface area contributed by atoms with Gasteiger partial charge in [0, 0.05) is 18.8 Å². The van der Waals surface area contributed by atoms with E-state index in [1.165, 1.54) is 4.90 Å². The number of aliphatic hydroxyl groups excluding tert-OH is 1. The number of hydrogen-bond donors (Lipinski definition) is 1. The van der Waals surface area contributed by atoms with E-state index < -0.39 is 53.5 Å². The average Bonchev–Trinajstić information content (AvgIpc) is 3.84. The zero-order valence-electron chi connectivity index (χ0n) is 30.4. The van der Waals surface area contributed by atoms with Gasteiger partial charge < -0.3 is 29.3 Å². The second kappa shape index (κ2) is 14.2. The van der Waals surface area contributed by atoms with E-state index in [9.17, 15) is 5.11 Å². The number of benzene rings is 3. The monoisotopic (exact) mass is 718 g/mol. The third kappa shape index (κ3) is 5.80. The number of amides is 3. The second-order valence-corrected chi connectivity index (χ2v) is 14.3. The van der Waals surface area contributed by atoms with Crippen molar-refractivity contribution >= 4 is 34.4 Å². The van der Waals surface area contributed by atoms with Gasteiger partial charge in [0.1, 0.15) is 29.6 Å². The van der Waals surface area contributed by atoms with Crippen LogP contribution >= 0.6 is 0 Å². The number of rotatable bonds is 14. The summed E-state index contributed by atoms with van der Waals surface area (Å²) in [6.07, 6.45) is 3.64. The third-order valence-electron chi connectivity index (χ3n) is 11.4. The molecule has 3 aromatic carbocycles. The normalized spacial score (nSPS) is 26.3. The van der Waals surface area contributed by atoms with Crippen molar-refractivity contribution in [1.29, 1.82) is 0 Å². The van der Waals surface area contributed by atoms with Gasteiger partial charge in [-0.3, -0.25) is 14.4 Å². The highest BCUT2D eigenvalue weighted by atomic mass is 16.5. The van der Waals surface area contributed by atoms with Crippen LogP contribution in [0.15, 0.2) is 104 Å². The van der Waals surface area contributed by atoms with Crippen molar-refractivity contribution in [3.05, 3.63) is 110 Å². The number of ether oxygens (including phenoxy) is 2. The maximum atomic E-state index is 15.3. The number of aliphatic hydroxyl groups is 1. The first-order valence-electron chi connectivity index (χ1n) is 18.1. The third-order valence-corrected chi connectivity index (χ3v) is 11.4. The molecule has 0 aliphatic carbocycles. The van der Waals surface area contributed by atoms with Crippen molar-refractivity contribution < 1.29 is 29.0 Å². The van der Waals surface area contributed by atoms with E-state index in [4.69, 9.17) is 9.47 Å². The van der Waals surface area contributed by atoms with E-state index in [1.807, 2.05) is 87.5 Å². The minimum atomic E-state index is -1.37. The van der Waals surface area contributed by atoms with Crippen molar-refractivity contribution in [2.75, 3.05) is 31.2 Å². The molecule has 4 heterocycles. The van der Waals surface area contributed by atoms with E-state index in [0.29, 0.717) is 35.5 Å². The number of fused-ring (bicyclic) bond motifs is 2. The minimum absolute atomic E-state index is 0.0276. The molecule has 2 bridgehead atoms. The Morgan fingerprint density at radius 3 is 2.42 bits per heavy atom. The molecule has 3 fully saturated rings. The summed E-state index contributed by atoms with van der Waals surface area (Å²) in [5, 5.41) is 19.6. The molecule has 3 unspecified atom stereocenters. The molecule has 12 nitrogen and oxygen atoms in total. The van der Waals surface area contributed by atoms with Gasteiger partial charge in [-0.25, -0.2) is 4.68 Å². The number of carbonyl (C=O) groups excluding carboxylic acids is 3. The van der Waals surface area contributed by atoms with E-state index in [1.54, 1.807) is 38.8 Å². The molecule has 3 amide bonds. The first-order valence-corrected chi connectivity index (χ1v) is 18.1. The molecule has 276 valence electrons. The molecule has 1 aromatic heterocycles. The van der Waals surface area contributed by atoms with Gasteiger partial charge >= 0.3 is 0 Å². The van der Waals surface area contributed by atoms with Gasteiger partial charge in [-0.1, -0.05) is 66.8 Å². The molecule has 1 spiro atoms. The summed E-state index contributed by atoms with van der Waals surface area (Å²) in [5.41, 5.74) is 0.262. The number of likely N-dealkylation sites (tertiary alicyclic amines) is 1. The van der Waals surface area contributed by atoms with Gasteiger partial charge in [-0.15, -0.1) is 18.3 Å². The van der Waals surface area contributed by atoms with Crippen LogP contribution in [0, 0.1) is 17.8 Å². The molecule has 7 atom stereocenters. The standard InChI is InChI=1S/C41H46N6O6/c1-6-22-44(26-46-32-17-13-12-16-31(32)42-43-46)39(51)36-41-24-27(4)40(5,53-41)34(35(41)38(50)47(36)33(25-48)28-14-10-9-11-15-28)37(49)45(23-7-2)29-18-20-30(21-19-29)52-8-3/h6-7,9-21,27,33-36,48H,1-2,8,22-26H2,3-5H3/t27?,33-,34+,35+,36?,40-,41?/m1/s1. The Kier molecular flexibility index (Phi) is 9.69. The highest BCUT2D eigenvalue weighted by molar-refractivity contribution is 6.03. The van der Waals surface area contributed by atoms with Crippen LogP contribution in [0.5, 0.6) is 5.75 Å². The summed E-state index contributed by atoms with van der Waals surface area (Å²) in [7, 11) is 0. The fourth-order valence-electron chi connectivity index (χ4n) is 8.94. The molecule has 7 rings (SSSR count). The van der Waals surface area contributed by atoms with Crippen LogP contribution in [-0.2, 0) is 25.8 Å². The largest absolute Gasteiger partial charge is 0.494 e. The van der Waals surface area contributed by atoms with Crippen LogP contribution in [0.4, 0.5) is 5.69 Å². The second-order valence-electron chi connectivity index (χ2n) is 14.3. The zero-order valence-corrected chi connectivity index (χ0v) is 30.4. The Labute approximate surface area is 309 Å². The summed E-state index contributed by atoms with van der Waals surface area (Å²) < 4.78 is 14.4. The molecule has 3 aliphatic heterocycles. The molecule has 0 radical (unpaired) electrons. The van der Waals surface area contributed by atoms with E-state index >= 15 is 14.4 Å². The first-order chi connectivity index (χ1) is 25.6. The lowest BCUT2D eigenvalue weighted by molar-refractivity contribution is -0.156. The maximum Gasteiger partial charge on any atom is 0.250 e. The van der Waals surface area contributed by atoms with E-state index in [0.717, 1.165) is 5.52 Å². The SMILES string of the molecule is C=CCN(Cn1nnc2ccccc21)C(=O)C1N([C@H](CO)c2ccccc2)C(=O)[C@@H]2[C@@H](C(=O)N(CC=C)c3ccc(OCC)cc3)[C@]3(C)OC12CC3C. The van der Waals surface area contributed by atoms with Crippen molar-refractivity contribution in [3.63, 3.8) is 0 Å². The van der Waals surface area contributed by atoms with Crippen molar-refractivity contribution in [2.45, 2.75) is 57.1 Å². The summed E-state index contributed by atoms with van der Waals surface area (Å²) in [5.74, 6) is -2.56. The fraction of sp³-hybridized carbons (Fsp3) is 0.390. The van der Waals surface area contributed by atoms with Crippen molar-refractivity contribution in [3.8, 4) is 5.75 Å². The van der Waals surface area contributed by atoms with Crippen LogP contribution in [0.1, 0.15) is 38.8 Å². The summed E-state index contributed by atoms with van der Waals surface area (Å²) in [6.45, 7) is 14.1. The predicted octanol–water partition coefficient (Wildman–Crippen LogP) is 4.77. The molecule has 3 saturated heterocycles. The van der Waals surface area contributed by atoms with Gasteiger partial charge in [0.25, 0.3) is 0 Å². The lowest BCUT2D eigenvalue weighted by atomic mass is 9.62. The highest BCUT2D eigenvalue weighted by Crippen LogP contribution is 2.66. The molecule has 12 heteroatoms. The Balaban J connectivity index is 1.34. The highest BCUT2D eigenvalue weighted by Gasteiger charge is 2.80. The summed E-state index contributed by atoms with van der Waals surface area (Å²) >= 11 is 0. The maximum absolute atomic E-state index is 15.3.